The predicted octanol–water partition coefficient (Wildman–Crippen LogP) is 5.20. The highest BCUT2D eigenvalue weighted by atomic mass is 16.5. The Hall–Kier alpha value is -4.59. The number of aromatic nitrogens is 3. The minimum absolute atomic E-state index is 0.279. The molecule has 8 heteroatoms. The van der Waals surface area contributed by atoms with Gasteiger partial charge in [0.05, 0.1) is 25.5 Å². The lowest BCUT2D eigenvalue weighted by atomic mass is 9.94. The summed E-state index contributed by atoms with van der Waals surface area (Å²) in [6.07, 6.45) is 0. The van der Waals surface area contributed by atoms with Crippen molar-refractivity contribution in [2.45, 2.75) is 19.9 Å². The highest BCUT2D eigenvalue weighted by molar-refractivity contribution is 6.06. The number of nitrogens with one attached hydrogen (secondary N) is 2. The van der Waals surface area contributed by atoms with Gasteiger partial charge in [0.15, 0.2) is 5.82 Å². The summed E-state index contributed by atoms with van der Waals surface area (Å²) < 4.78 is 12.9. The molecule has 1 aliphatic heterocycles. The van der Waals surface area contributed by atoms with Crippen molar-refractivity contribution >= 4 is 17.5 Å². The fourth-order valence-corrected chi connectivity index (χ4v) is 4.50. The third kappa shape index (κ3) is 4.07. The number of aryl methyl sites for hydroxylation is 1. The lowest BCUT2D eigenvalue weighted by molar-refractivity contribution is -0.113. The molecule has 2 heterocycles. The van der Waals surface area contributed by atoms with Crippen LogP contribution in [-0.2, 0) is 4.79 Å². The summed E-state index contributed by atoms with van der Waals surface area (Å²) in [5.74, 6) is 2.08. The first-order valence-corrected chi connectivity index (χ1v) is 11.6. The molecule has 0 bridgehead atoms. The number of amides is 1. The van der Waals surface area contributed by atoms with Crippen LogP contribution in [-0.4, -0.2) is 34.9 Å². The molecule has 0 saturated heterocycles. The third-order valence-corrected chi connectivity index (χ3v) is 6.27. The minimum Gasteiger partial charge on any atom is -0.496 e. The quantitative estimate of drug-likeness (QED) is 0.394. The Morgan fingerprint density at radius 3 is 2.33 bits per heavy atom. The van der Waals surface area contributed by atoms with Gasteiger partial charge in [-0.05, 0) is 37.6 Å². The SMILES string of the molecule is COc1ccccc1NC(=O)C1=C(C)Nc2nc(-c3ccccc3C)nn2C1c1ccccc1OC. The van der Waals surface area contributed by atoms with Crippen LogP contribution < -0.4 is 20.1 Å². The standard InChI is InChI=1S/C28H27N5O3/c1-17-11-5-6-12-19(17)26-31-28-29-18(2)24(27(34)30-21-14-8-10-16-23(21)36-4)25(33(28)32-26)20-13-7-9-15-22(20)35-3/h5-16,25H,1-4H3,(H,30,34)(H,29,31,32). The van der Waals surface area contributed by atoms with Gasteiger partial charge in [-0.15, -0.1) is 5.10 Å². The van der Waals surface area contributed by atoms with Gasteiger partial charge < -0.3 is 20.1 Å². The van der Waals surface area contributed by atoms with Crippen LogP contribution in [0.2, 0.25) is 0 Å². The average Bonchev–Trinajstić information content (AvgIpc) is 3.31. The normalized spacial score (nSPS) is 14.6. The Bertz CT molecular complexity index is 1470. The van der Waals surface area contributed by atoms with Crippen molar-refractivity contribution < 1.29 is 14.3 Å². The highest BCUT2D eigenvalue weighted by Crippen LogP contribution is 2.40. The van der Waals surface area contributed by atoms with Crippen molar-refractivity contribution in [1.82, 2.24) is 14.8 Å². The van der Waals surface area contributed by atoms with E-state index in [2.05, 4.69) is 10.6 Å². The molecular formula is C28H27N5O3. The topological polar surface area (TPSA) is 90.3 Å². The zero-order chi connectivity index (χ0) is 25.2. The van der Waals surface area contributed by atoms with Crippen molar-refractivity contribution in [1.29, 1.82) is 0 Å². The second-order valence-corrected chi connectivity index (χ2v) is 8.48. The van der Waals surface area contributed by atoms with Gasteiger partial charge in [0.25, 0.3) is 5.91 Å². The van der Waals surface area contributed by atoms with Gasteiger partial charge in [0.2, 0.25) is 5.95 Å². The molecule has 0 radical (unpaired) electrons. The van der Waals surface area contributed by atoms with Crippen molar-refractivity contribution in [3.8, 4) is 22.9 Å². The van der Waals surface area contributed by atoms with Crippen LogP contribution in [0.25, 0.3) is 11.4 Å². The molecular weight excluding hydrogens is 454 g/mol. The summed E-state index contributed by atoms with van der Waals surface area (Å²) in [6.45, 7) is 3.89. The number of hydrogen-bond donors (Lipinski definition) is 2. The fraction of sp³-hybridized carbons (Fsp3) is 0.179. The predicted molar refractivity (Wildman–Crippen MR) is 139 cm³/mol. The molecule has 1 aliphatic rings. The molecule has 8 nitrogen and oxygen atoms in total. The van der Waals surface area contributed by atoms with Gasteiger partial charge in [0, 0.05) is 16.8 Å². The van der Waals surface area contributed by atoms with Gasteiger partial charge in [-0.3, -0.25) is 4.79 Å². The summed E-state index contributed by atoms with van der Waals surface area (Å²) >= 11 is 0. The summed E-state index contributed by atoms with van der Waals surface area (Å²) in [6, 6.07) is 22.3. The summed E-state index contributed by atoms with van der Waals surface area (Å²) in [5.41, 5.74) is 4.54. The molecule has 0 saturated carbocycles. The van der Waals surface area contributed by atoms with E-state index in [1.54, 1.807) is 31.0 Å². The number of carbonyl (C=O) groups is 1. The third-order valence-electron chi connectivity index (χ3n) is 6.27. The van der Waals surface area contributed by atoms with Gasteiger partial charge in [-0.2, -0.15) is 4.98 Å². The molecule has 3 aromatic carbocycles. The summed E-state index contributed by atoms with van der Waals surface area (Å²) in [7, 11) is 3.19. The molecule has 0 fully saturated rings. The Morgan fingerprint density at radius 1 is 0.917 bits per heavy atom. The monoisotopic (exact) mass is 481 g/mol. The van der Waals surface area contributed by atoms with Crippen LogP contribution in [0.1, 0.15) is 24.1 Å². The largest absolute Gasteiger partial charge is 0.496 e. The number of fused-ring (bicyclic) bond motifs is 1. The average molecular weight is 482 g/mol. The van der Waals surface area contributed by atoms with E-state index in [9.17, 15) is 4.79 Å². The smallest absolute Gasteiger partial charge is 0.255 e. The van der Waals surface area contributed by atoms with Crippen LogP contribution in [0, 0.1) is 6.92 Å². The second-order valence-electron chi connectivity index (χ2n) is 8.48. The van der Waals surface area contributed by atoms with E-state index >= 15 is 0 Å². The number of methoxy groups -OCH3 is 2. The maximum atomic E-state index is 13.8. The highest BCUT2D eigenvalue weighted by Gasteiger charge is 2.36. The molecule has 1 aromatic heterocycles. The number of anilines is 2. The number of ether oxygens (including phenoxy) is 2. The maximum absolute atomic E-state index is 13.8. The van der Waals surface area contributed by atoms with E-state index in [-0.39, 0.29) is 5.91 Å². The number of carbonyl (C=O) groups excluding carboxylic acids is 1. The van der Waals surface area contributed by atoms with Gasteiger partial charge in [-0.1, -0.05) is 54.6 Å². The number of allylic oxidation sites excluding steroid dienone is 1. The lowest BCUT2D eigenvalue weighted by Crippen LogP contribution is -2.31. The number of para-hydroxylation sites is 3. The Balaban J connectivity index is 1.64. The molecule has 1 unspecified atom stereocenters. The maximum Gasteiger partial charge on any atom is 0.255 e. The number of benzene rings is 3. The minimum atomic E-state index is -0.572. The molecule has 0 aliphatic carbocycles. The number of hydrogen-bond acceptors (Lipinski definition) is 6. The first-order valence-electron chi connectivity index (χ1n) is 11.6. The molecule has 2 N–H and O–H groups in total. The fourth-order valence-electron chi connectivity index (χ4n) is 4.50. The molecule has 0 spiro atoms. The van der Waals surface area contributed by atoms with E-state index in [0.717, 1.165) is 16.7 Å². The molecule has 1 atom stereocenters. The van der Waals surface area contributed by atoms with Gasteiger partial charge in [0.1, 0.15) is 17.5 Å². The van der Waals surface area contributed by atoms with Crippen LogP contribution in [0.15, 0.2) is 84.1 Å². The first kappa shape index (κ1) is 23.2. The van der Waals surface area contributed by atoms with Gasteiger partial charge in [-0.25, -0.2) is 4.68 Å². The van der Waals surface area contributed by atoms with Crippen LogP contribution in [0.5, 0.6) is 11.5 Å². The van der Waals surface area contributed by atoms with E-state index in [1.165, 1.54) is 0 Å². The summed E-state index contributed by atoms with van der Waals surface area (Å²) in [4.78, 5) is 18.6. The molecule has 182 valence electrons. The van der Waals surface area contributed by atoms with Crippen LogP contribution in [0.4, 0.5) is 11.6 Å². The Morgan fingerprint density at radius 2 is 1.58 bits per heavy atom. The van der Waals surface area contributed by atoms with Gasteiger partial charge >= 0.3 is 0 Å². The van der Waals surface area contributed by atoms with Crippen LogP contribution in [0.3, 0.4) is 0 Å². The Kier molecular flexibility index (Phi) is 6.16. The van der Waals surface area contributed by atoms with E-state index in [4.69, 9.17) is 19.6 Å². The molecule has 1 amide bonds. The molecule has 36 heavy (non-hydrogen) atoms. The molecule has 5 rings (SSSR count). The zero-order valence-corrected chi connectivity index (χ0v) is 20.6. The van der Waals surface area contributed by atoms with Crippen molar-refractivity contribution in [3.05, 3.63) is 95.2 Å². The number of nitrogens with zero attached hydrogens (tertiary/aromatic N) is 3. The van der Waals surface area contributed by atoms with Crippen molar-refractivity contribution in [3.63, 3.8) is 0 Å². The van der Waals surface area contributed by atoms with E-state index in [0.29, 0.717) is 40.2 Å². The zero-order valence-electron chi connectivity index (χ0n) is 20.6. The Labute approximate surface area is 209 Å². The van der Waals surface area contributed by atoms with Crippen molar-refractivity contribution in [2.75, 3.05) is 24.9 Å². The number of rotatable bonds is 6. The van der Waals surface area contributed by atoms with E-state index in [1.807, 2.05) is 74.5 Å². The van der Waals surface area contributed by atoms with Crippen molar-refractivity contribution in [2.24, 2.45) is 0 Å². The first-order chi connectivity index (χ1) is 17.5. The van der Waals surface area contributed by atoms with Crippen LogP contribution >= 0.6 is 0 Å². The lowest BCUT2D eigenvalue weighted by Gasteiger charge is -2.29. The second kappa shape index (κ2) is 9.58. The van der Waals surface area contributed by atoms with E-state index < -0.39 is 6.04 Å². The molecule has 4 aromatic rings. The summed E-state index contributed by atoms with van der Waals surface area (Å²) in [5, 5.41) is 11.2.